The molecule has 0 aliphatic carbocycles. The van der Waals surface area contributed by atoms with Crippen molar-refractivity contribution in [1.29, 1.82) is 5.26 Å². The molecule has 0 aliphatic rings. The van der Waals surface area contributed by atoms with Gasteiger partial charge in [0, 0.05) is 16.7 Å². The summed E-state index contributed by atoms with van der Waals surface area (Å²) in [7, 11) is 0. The molecule has 25 heavy (non-hydrogen) atoms. The smallest absolute Gasteiger partial charge is 0.266 e. The van der Waals surface area contributed by atoms with Crippen molar-refractivity contribution in [1.82, 2.24) is 4.98 Å². The first-order valence-electron chi connectivity index (χ1n) is 7.28. The average molecular weight is 367 g/mol. The van der Waals surface area contributed by atoms with E-state index in [1.807, 2.05) is 6.07 Å². The van der Waals surface area contributed by atoms with E-state index in [2.05, 4.69) is 4.98 Å². The van der Waals surface area contributed by atoms with Gasteiger partial charge in [0.25, 0.3) is 5.56 Å². The summed E-state index contributed by atoms with van der Waals surface area (Å²) in [6.45, 7) is 0. The number of Topliss-reactive ketones (excluding diaryl/α,β-unsaturated/α-hetero) is 1. The summed E-state index contributed by atoms with van der Waals surface area (Å²) in [5.41, 5.74) is 1.60. The molecule has 0 amide bonds. The van der Waals surface area contributed by atoms with Crippen LogP contribution in [0.15, 0.2) is 53.3 Å². The molecule has 3 rings (SSSR count). The lowest BCUT2D eigenvalue weighted by Gasteiger charge is -1.94. The molecular formula is C19H11ClN2O2S. The fraction of sp³-hybridized carbons (Fsp3) is 0. The van der Waals surface area contributed by atoms with Crippen molar-refractivity contribution in [3.8, 4) is 6.07 Å². The Morgan fingerprint density at radius 1 is 1.12 bits per heavy atom. The van der Waals surface area contributed by atoms with Crippen molar-refractivity contribution in [3.63, 3.8) is 0 Å². The van der Waals surface area contributed by atoms with Crippen LogP contribution in [0, 0.1) is 11.3 Å². The van der Waals surface area contributed by atoms with E-state index in [1.165, 1.54) is 17.4 Å². The molecule has 3 aromatic rings. The molecule has 1 N–H and O–H groups in total. The second-order valence-electron chi connectivity index (χ2n) is 5.18. The van der Waals surface area contributed by atoms with E-state index in [9.17, 15) is 9.59 Å². The van der Waals surface area contributed by atoms with Gasteiger partial charge in [-0.15, -0.1) is 11.3 Å². The van der Waals surface area contributed by atoms with Crippen LogP contribution in [-0.4, -0.2) is 10.8 Å². The summed E-state index contributed by atoms with van der Waals surface area (Å²) >= 11 is 7.01. The summed E-state index contributed by atoms with van der Waals surface area (Å²) in [6, 6.07) is 15.5. The van der Waals surface area contributed by atoms with Gasteiger partial charge in [-0.3, -0.25) is 9.59 Å². The molecule has 0 atom stereocenters. The minimum absolute atomic E-state index is 0.209. The maximum atomic E-state index is 12.2. The number of aromatic amines is 1. The minimum atomic E-state index is -0.260. The van der Waals surface area contributed by atoms with Crippen LogP contribution in [0.2, 0.25) is 5.02 Å². The van der Waals surface area contributed by atoms with Gasteiger partial charge in [-0.2, -0.15) is 5.26 Å². The monoisotopic (exact) mass is 366 g/mol. The molecule has 0 bridgehead atoms. The molecule has 122 valence electrons. The molecule has 1 aromatic heterocycles. The van der Waals surface area contributed by atoms with Gasteiger partial charge in [-0.1, -0.05) is 23.7 Å². The fourth-order valence-corrected chi connectivity index (χ4v) is 3.16. The van der Waals surface area contributed by atoms with Crippen molar-refractivity contribution in [2.24, 2.45) is 0 Å². The SMILES string of the molecule is N#Cc1ccc(/C=c2/s/c(=C/C(=O)c3ccc(Cl)cc3)[nH]c2=O)cc1. The van der Waals surface area contributed by atoms with Crippen molar-refractivity contribution in [2.75, 3.05) is 0 Å². The van der Waals surface area contributed by atoms with Gasteiger partial charge in [0.2, 0.25) is 0 Å². The number of nitriles is 1. The summed E-state index contributed by atoms with van der Waals surface area (Å²) in [5.74, 6) is -0.209. The highest BCUT2D eigenvalue weighted by molar-refractivity contribution is 7.07. The minimum Gasteiger partial charge on any atom is -0.313 e. The van der Waals surface area contributed by atoms with Crippen LogP contribution in [0.4, 0.5) is 0 Å². The van der Waals surface area contributed by atoms with Gasteiger partial charge in [0.15, 0.2) is 5.78 Å². The molecule has 0 radical (unpaired) electrons. The number of hydrogen-bond acceptors (Lipinski definition) is 4. The quantitative estimate of drug-likeness (QED) is 0.723. The van der Waals surface area contributed by atoms with Gasteiger partial charge in [-0.25, -0.2) is 0 Å². The summed E-state index contributed by atoms with van der Waals surface area (Å²) < 4.78 is 0.963. The molecule has 1 heterocycles. The number of nitrogens with zero attached hydrogens (tertiary/aromatic N) is 1. The molecule has 6 heteroatoms. The number of hydrogen-bond donors (Lipinski definition) is 1. The van der Waals surface area contributed by atoms with E-state index in [-0.39, 0.29) is 11.3 Å². The van der Waals surface area contributed by atoms with Crippen LogP contribution >= 0.6 is 22.9 Å². The lowest BCUT2D eigenvalue weighted by molar-refractivity contribution is 0.106. The van der Waals surface area contributed by atoms with Crippen LogP contribution in [0.25, 0.3) is 12.2 Å². The zero-order chi connectivity index (χ0) is 17.8. The average Bonchev–Trinajstić information content (AvgIpc) is 2.95. The van der Waals surface area contributed by atoms with E-state index in [1.54, 1.807) is 54.6 Å². The van der Waals surface area contributed by atoms with Crippen LogP contribution in [-0.2, 0) is 0 Å². The van der Waals surface area contributed by atoms with E-state index >= 15 is 0 Å². The second-order valence-corrected chi connectivity index (χ2v) is 6.70. The number of carbonyl (C=O) groups is 1. The third-order valence-electron chi connectivity index (χ3n) is 3.41. The third kappa shape index (κ3) is 4.13. The van der Waals surface area contributed by atoms with Gasteiger partial charge in [0.1, 0.15) is 0 Å². The number of thiazole rings is 1. The first kappa shape index (κ1) is 16.9. The summed E-state index contributed by atoms with van der Waals surface area (Å²) in [4.78, 5) is 26.9. The van der Waals surface area contributed by atoms with E-state index in [0.29, 0.717) is 25.3 Å². The topological polar surface area (TPSA) is 73.7 Å². The molecule has 0 unspecified atom stereocenters. The largest absolute Gasteiger partial charge is 0.313 e. The molecule has 0 saturated carbocycles. The Bertz CT molecular complexity index is 1130. The molecule has 0 saturated heterocycles. The van der Waals surface area contributed by atoms with E-state index in [0.717, 1.165) is 5.56 Å². The first-order valence-corrected chi connectivity index (χ1v) is 8.47. The van der Waals surface area contributed by atoms with Crippen LogP contribution in [0.5, 0.6) is 0 Å². The lowest BCUT2D eigenvalue weighted by Crippen LogP contribution is -2.20. The van der Waals surface area contributed by atoms with E-state index in [4.69, 9.17) is 16.9 Å². The van der Waals surface area contributed by atoms with Crippen molar-refractivity contribution in [2.45, 2.75) is 0 Å². The Labute approximate surface area is 152 Å². The summed E-state index contributed by atoms with van der Waals surface area (Å²) in [6.07, 6.45) is 3.11. The number of H-pyrrole nitrogens is 1. The Hall–Kier alpha value is -2.94. The number of benzene rings is 2. The predicted molar refractivity (Wildman–Crippen MR) is 99.2 cm³/mol. The molecule has 0 fully saturated rings. The molecule has 2 aromatic carbocycles. The second kappa shape index (κ2) is 7.31. The molecule has 0 aliphatic heterocycles. The Morgan fingerprint density at radius 3 is 2.44 bits per heavy atom. The van der Waals surface area contributed by atoms with Gasteiger partial charge in [-0.05, 0) is 48.0 Å². The Kier molecular flexibility index (Phi) is 4.94. The van der Waals surface area contributed by atoms with Crippen LogP contribution < -0.4 is 14.8 Å². The predicted octanol–water partition coefficient (Wildman–Crippen LogP) is 2.45. The number of rotatable bonds is 3. The highest BCUT2D eigenvalue weighted by atomic mass is 35.5. The standard InChI is InChI=1S/C19H11ClN2O2S/c20-15-7-5-14(6-8-15)16(23)10-18-22-19(24)17(25-18)9-12-1-3-13(11-21)4-2-12/h1-10H,(H,22,24)/b17-9+,18-10+. The van der Waals surface area contributed by atoms with E-state index < -0.39 is 0 Å². The van der Waals surface area contributed by atoms with Gasteiger partial charge < -0.3 is 4.98 Å². The Balaban J connectivity index is 1.95. The highest BCUT2D eigenvalue weighted by Gasteiger charge is 2.03. The maximum Gasteiger partial charge on any atom is 0.266 e. The lowest BCUT2D eigenvalue weighted by atomic mass is 10.1. The van der Waals surface area contributed by atoms with Crippen LogP contribution in [0.3, 0.4) is 0 Å². The number of halogens is 1. The zero-order valence-corrected chi connectivity index (χ0v) is 14.4. The van der Waals surface area contributed by atoms with Crippen molar-refractivity contribution >= 4 is 40.9 Å². The Morgan fingerprint density at radius 2 is 1.80 bits per heavy atom. The van der Waals surface area contributed by atoms with Crippen LogP contribution in [0.1, 0.15) is 21.5 Å². The fourth-order valence-electron chi connectivity index (χ4n) is 2.15. The maximum absolute atomic E-state index is 12.2. The van der Waals surface area contributed by atoms with Gasteiger partial charge in [0.05, 0.1) is 20.8 Å². The number of ketones is 1. The number of carbonyl (C=O) groups excluding carboxylic acids is 1. The summed E-state index contributed by atoms with van der Waals surface area (Å²) in [5, 5.41) is 9.36. The molecule has 0 spiro atoms. The normalized spacial score (nSPS) is 12.2. The van der Waals surface area contributed by atoms with Crippen molar-refractivity contribution in [3.05, 3.63) is 89.8 Å². The van der Waals surface area contributed by atoms with Gasteiger partial charge >= 0.3 is 0 Å². The zero-order valence-electron chi connectivity index (χ0n) is 12.8. The highest BCUT2D eigenvalue weighted by Crippen LogP contribution is 2.10. The number of aromatic nitrogens is 1. The number of nitrogens with one attached hydrogen (secondary N) is 1. The third-order valence-corrected chi connectivity index (χ3v) is 4.62. The first-order chi connectivity index (χ1) is 12.0. The molecular weight excluding hydrogens is 356 g/mol. The molecule has 4 nitrogen and oxygen atoms in total. The van der Waals surface area contributed by atoms with Crippen molar-refractivity contribution < 1.29 is 4.79 Å².